The van der Waals surface area contributed by atoms with Crippen LogP contribution >= 0.6 is 0 Å². The maximum Gasteiger partial charge on any atom is 0.416 e. The van der Waals surface area contributed by atoms with Crippen LogP contribution in [0.4, 0.5) is 13.2 Å². The number of aromatic nitrogens is 4. The maximum absolute atomic E-state index is 13.4. The van der Waals surface area contributed by atoms with Crippen LogP contribution in [-0.2, 0) is 6.18 Å². The molecule has 0 aliphatic carbocycles. The standard InChI is InChI=1S/C26H18F3N5/c1-16-14-33-15-22(23-10-11-31-34(23)21-8-6-18(13-30)7-9-21)17(2)24(25(33)32-16)19-4-3-5-20(12-19)26(27,28)29/h3-12,14-15H,1-2H3. The van der Waals surface area contributed by atoms with Gasteiger partial charge in [-0.2, -0.15) is 23.5 Å². The van der Waals surface area contributed by atoms with E-state index in [4.69, 9.17) is 5.26 Å². The van der Waals surface area contributed by atoms with Crippen molar-refractivity contribution >= 4 is 5.65 Å². The van der Waals surface area contributed by atoms with Gasteiger partial charge in [0.05, 0.1) is 40.5 Å². The van der Waals surface area contributed by atoms with E-state index in [-0.39, 0.29) is 0 Å². The zero-order chi connectivity index (χ0) is 24.0. The summed E-state index contributed by atoms with van der Waals surface area (Å²) >= 11 is 0. The number of nitriles is 1. The molecule has 0 saturated carbocycles. The van der Waals surface area contributed by atoms with Crippen molar-refractivity contribution in [3.63, 3.8) is 0 Å². The third-order valence-corrected chi connectivity index (χ3v) is 5.76. The SMILES string of the molecule is Cc1cn2cc(-c3ccnn3-c3ccc(C#N)cc3)c(C)c(-c3cccc(C(F)(F)F)c3)c2n1. The van der Waals surface area contributed by atoms with Gasteiger partial charge < -0.3 is 4.40 Å². The van der Waals surface area contributed by atoms with Gasteiger partial charge in [0.25, 0.3) is 0 Å². The Kier molecular flexibility index (Phi) is 4.98. The molecule has 5 rings (SSSR count). The van der Waals surface area contributed by atoms with Gasteiger partial charge in [-0.15, -0.1) is 0 Å². The first-order valence-electron chi connectivity index (χ1n) is 10.5. The highest BCUT2D eigenvalue weighted by atomic mass is 19.4. The number of rotatable bonds is 3. The molecule has 0 atom stereocenters. The van der Waals surface area contributed by atoms with Crippen molar-refractivity contribution in [3.8, 4) is 34.1 Å². The number of nitrogens with zero attached hydrogens (tertiary/aromatic N) is 5. The Bertz CT molecular complexity index is 1570. The normalized spacial score (nSPS) is 11.6. The van der Waals surface area contributed by atoms with Crippen molar-refractivity contribution in [2.24, 2.45) is 0 Å². The largest absolute Gasteiger partial charge is 0.416 e. The Morgan fingerprint density at radius 3 is 2.44 bits per heavy atom. The number of fused-ring (bicyclic) bond motifs is 1. The van der Waals surface area contributed by atoms with Crippen LogP contribution in [0.2, 0.25) is 0 Å². The quantitative estimate of drug-likeness (QED) is 0.317. The van der Waals surface area contributed by atoms with Gasteiger partial charge in [-0.3, -0.25) is 0 Å². The third kappa shape index (κ3) is 3.61. The lowest BCUT2D eigenvalue weighted by Crippen LogP contribution is -2.05. The third-order valence-electron chi connectivity index (χ3n) is 5.76. The first kappa shape index (κ1) is 21.5. The van der Waals surface area contributed by atoms with Gasteiger partial charge >= 0.3 is 6.18 Å². The summed E-state index contributed by atoms with van der Waals surface area (Å²) in [6.07, 6.45) is 0.981. The van der Waals surface area contributed by atoms with Gasteiger partial charge in [0.15, 0.2) is 0 Å². The van der Waals surface area contributed by atoms with E-state index >= 15 is 0 Å². The van der Waals surface area contributed by atoms with Gasteiger partial charge in [0.1, 0.15) is 5.65 Å². The number of aryl methyl sites for hydroxylation is 1. The first-order valence-corrected chi connectivity index (χ1v) is 10.5. The van der Waals surface area contributed by atoms with Crippen LogP contribution in [0.15, 0.2) is 73.2 Å². The van der Waals surface area contributed by atoms with E-state index in [2.05, 4.69) is 16.2 Å². The molecule has 0 aliphatic rings. The van der Waals surface area contributed by atoms with Crippen molar-refractivity contribution in [2.45, 2.75) is 20.0 Å². The Morgan fingerprint density at radius 1 is 0.971 bits per heavy atom. The fourth-order valence-corrected chi connectivity index (χ4v) is 4.18. The zero-order valence-corrected chi connectivity index (χ0v) is 18.3. The molecule has 8 heteroatoms. The average molecular weight is 457 g/mol. The van der Waals surface area contributed by atoms with Gasteiger partial charge in [-0.25, -0.2) is 9.67 Å². The topological polar surface area (TPSA) is 58.9 Å². The molecule has 0 N–H and O–H groups in total. The summed E-state index contributed by atoms with van der Waals surface area (Å²) in [4.78, 5) is 4.59. The number of alkyl halides is 3. The first-order chi connectivity index (χ1) is 16.3. The smallest absolute Gasteiger partial charge is 0.306 e. The molecule has 5 aromatic rings. The predicted octanol–water partition coefficient (Wildman–Crippen LogP) is 6.36. The van der Waals surface area contributed by atoms with Crippen LogP contribution in [-0.4, -0.2) is 19.2 Å². The fraction of sp³-hybridized carbons (Fsp3) is 0.115. The number of pyridine rings is 1. The molecule has 0 bridgehead atoms. The molecular weight excluding hydrogens is 439 g/mol. The van der Waals surface area contributed by atoms with Gasteiger partial charge in [0.2, 0.25) is 0 Å². The Morgan fingerprint density at radius 2 is 1.74 bits per heavy atom. The Labute approximate surface area is 193 Å². The van der Waals surface area contributed by atoms with Gasteiger partial charge in [-0.05, 0) is 67.4 Å². The average Bonchev–Trinajstić information content (AvgIpc) is 3.44. The van der Waals surface area contributed by atoms with E-state index in [0.717, 1.165) is 40.3 Å². The molecule has 3 heterocycles. The molecule has 2 aromatic carbocycles. The van der Waals surface area contributed by atoms with Crippen molar-refractivity contribution in [2.75, 3.05) is 0 Å². The second-order valence-corrected chi connectivity index (χ2v) is 8.02. The molecule has 0 aliphatic heterocycles. The van der Waals surface area contributed by atoms with E-state index in [1.165, 1.54) is 6.07 Å². The van der Waals surface area contributed by atoms with Gasteiger partial charge in [0, 0.05) is 23.5 Å². The molecule has 0 amide bonds. The lowest BCUT2D eigenvalue weighted by atomic mass is 9.95. The summed E-state index contributed by atoms with van der Waals surface area (Å²) in [5.41, 5.74) is 5.36. The summed E-state index contributed by atoms with van der Waals surface area (Å²) in [5.74, 6) is 0. The molecule has 0 radical (unpaired) electrons. The number of halogens is 3. The van der Waals surface area contributed by atoms with Crippen molar-refractivity contribution < 1.29 is 13.2 Å². The molecule has 0 fully saturated rings. The van der Waals surface area contributed by atoms with Crippen LogP contribution in [0.3, 0.4) is 0 Å². The Hall–Kier alpha value is -4.38. The number of benzene rings is 2. The molecule has 5 nitrogen and oxygen atoms in total. The molecule has 0 saturated heterocycles. The van der Waals surface area contributed by atoms with Crippen LogP contribution in [0.1, 0.15) is 22.4 Å². The second kappa shape index (κ2) is 7.89. The minimum Gasteiger partial charge on any atom is -0.306 e. The summed E-state index contributed by atoms with van der Waals surface area (Å²) in [5, 5.41) is 13.5. The summed E-state index contributed by atoms with van der Waals surface area (Å²) in [6.45, 7) is 3.73. The molecule has 168 valence electrons. The summed E-state index contributed by atoms with van der Waals surface area (Å²) in [7, 11) is 0. The molecule has 0 unspecified atom stereocenters. The zero-order valence-electron chi connectivity index (χ0n) is 18.3. The van der Waals surface area contributed by atoms with E-state index in [0.29, 0.717) is 22.3 Å². The molecule has 34 heavy (non-hydrogen) atoms. The highest BCUT2D eigenvalue weighted by Crippen LogP contribution is 2.38. The number of hydrogen-bond donors (Lipinski definition) is 0. The highest BCUT2D eigenvalue weighted by molar-refractivity contribution is 5.86. The molecule has 0 spiro atoms. The van der Waals surface area contributed by atoms with Crippen LogP contribution in [0.5, 0.6) is 0 Å². The van der Waals surface area contributed by atoms with Crippen molar-refractivity contribution in [1.82, 2.24) is 19.2 Å². The highest BCUT2D eigenvalue weighted by Gasteiger charge is 2.31. The van der Waals surface area contributed by atoms with Gasteiger partial charge in [-0.1, -0.05) is 12.1 Å². The monoisotopic (exact) mass is 457 g/mol. The maximum atomic E-state index is 13.4. The lowest BCUT2D eigenvalue weighted by molar-refractivity contribution is -0.137. The van der Waals surface area contributed by atoms with E-state index in [1.54, 1.807) is 41.2 Å². The van der Waals surface area contributed by atoms with Crippen LogP contribution in [0.25, 0.3) is 33.7 Å². The predicted molar refractivity (Wildman–Crippen MR) is 122 cm³/mol. The summed E-state index contributed by atoms with van der Waals surface area (Å²) in [6, 6.07) is 16.3. The second-order valence-electron chi connectivity index (χ2n) is 8.02. The lowest BCUT2D eigenvalue weighted by Gasteiger charge is -2.16. The fourth-order valence-electron chi connectivity index (χ4n) is 4.18. The van der Waals surface area contributed by atoms with E-state index in [9.17, 15) is 13.2 Å². The molecule has 3 aromatic heterocycles. The van der Waals surface area contributed by atoms with Crippen molar-refractivity contribution in [1.29, 1.82) is 5.26 Å². The van der Waals surface area contributed by atoms with Crippen LogP contribution < -0.4 is 0 Å². The number of imidazole rings is 1. The van der Waals surface area contributed by atoms with Crippen molar-refractivity contribution in [3.05, 3.63) is 95.6 Å². The van der Waals surface area contributed by atoms with E-state index in [1.807, 2.05) is 36.7 Å². The Balaban J connectivity index is 1.75. The van der Waals surface area contributed by atoms with Crippen LogP contribution in [0, 0.1) is 25.2 Å². The minimum atomic E-state index is -4.45. The summed E-state index contributed by atoms with van der Waals surface area (Å²) < 4.78 is 43.9. The molecular formula is C26H18F3N5. The minimum absolute atomic E-state index is 0.439. The number of hydrogen-bond acceptors (Lipinski definition) is 3. The van der Waals surface area contributed by atoms with E-state index < -0.39 is 11.7 Å².